The zero-order chi connectivity index (χ0) is 22.1. The molecule has 0 radical (unpaired) electrons. The molecule has 160 valence electrons. The van der Waals surface area contributed by atoms with Gasteiger partial charge >= 0.3 is 0 Å². The number of carbonyl (C=O) groups is 1. The molecule has 7 heteroatoms. The van der Waals surface area contributed by atoms with E-state index in [-0.39, 0.29) is 37.6 Å². The highest BCUT2D eigenvalue weighted by atomic mass is 32.2. The molecule has 3 aromatic rings. The van der Waals surface area contributed by atoms with Crippen LogP contribution in [0.4, 0.5) is 14.5 Å². The number of hydrogen-bond donors (Lipinski definition) is 1. The molecule has 1 amide bonds. The Labute approximate surface area is 189 Å². The van der Waals surface area contributed by atoms with Gasteiger partial charge in [-0.25, -0.2) is 13.8 Å². The number of alkyl halides is 2. The van der Waals surface area contributed by atoms with E-state index in [0.29, 0.717) is 22.7 Å². The minimum Gasteiger partial charge on any atom is -0.349 e. The average molecular weight is 448 g/mol. The first-order valence-electron chi connectivity index (χ1n) is 10.4. The van der Waals surface area contributed by atoms with Crippen molar-refractivity contribution in [3.63, 3.8) is 0 Å². The van der Waals surface area contributed by atoms with Crippen LogP contribution >= 0.6 is 11.8 Å². The predicted octanol–water partition coefficient (Wildman–Crippen LogP) is 5.62. The molecular weight excluding hydrogens is 428 g/mol. The second-order valence-electron chi connectivity index (χ2n) is 7.91. The van der Waals surface area contributed by atoms with Crippen LogP contribution in [0.2, 0.25) is 0 Å². The van der Waals surface area contributed by atoms with E-state index in [0.717, 1.165) is 15.4 Å². The number of aliphatic imine (C=N–C) groups is 1. The fourth-order valence-electron chi connectivity index (χ4n) is 3.91. The van der Waals surface area contributed by atoms with Crippen molar-refractivity contribution in [2.24, 2.45) is 4.99 Å². The van der Waals surface area contributed by atoms with Crippen molar-refractivity contribution >= 4 is 29.1 Å². The summed E-state index contributed by atoms with van der Waals surface area (Å²) in [4.78, 5) is 24.0. The number of hydrogen-bond acceptors (Lipinski definition) is 4. The molecule has 1 aliphatic carbocycles. The Morgan fingerprint density at radius 1 is 1.12 bits per heavy atom. The predicted molar refractivity (Wildman–Crippen MR) is 119 cm³/mol. The molecule has 1 aromatic heterocycles. The summed E-state index contributed by atoms with van der Waals surface area (Å²) in [5.74, 6) is -2.90. The highest BCUT2D eigenvalue weighted by molar-refractivity contribution is 7.99. The summed E-state index contributed by atoms with van der Waals surface area (Å²) in [6.45, 7) is 0. The molecule has 0 spiro atoms. The van der Waals surface area contributed by atoms with Gasteiger partial charge in [0.05, 0.1) is 16.9 Å². The first-order chi connectivity index (χ1) is 15.5. The van der Waals surface area contributed by atoms with E-state index < -0.39 is 5.92 Å². The van der Waals surface area contributed by atoms with Gasteiger partial charge in [-0.1, -0.05) is 30.0 Å². The van der Waals surface area contributed by atoms with Gasteiger partial charge in [0.2, 0.25) is 5.92 Å². The van der Waals surface area contributed by atoms with Gasteiger partial charge in [0.25, 0.3) is 5.91 Å². The normalized spacial score (nSPS) is 17.2. The van der Waals surface area contributed by atoms with E-state index >= 15 is 0 Å². The number of aromatic nitrogens is 1. The van der Waals surface area contributed by atoms with E-state index in [1.807, 2.05) is 36.4 Å². The molecule has 5 rings (SSSR count). The largest absolute Gasteiger partial charge is 0.349 e. The van der Waals surface area contributed by atoms with Gasteiger partial charge in [-0.15, -0.1) is 0 Å². The lowest BCUT2D eigenvalue weighted by Gasteiger charge is -2.28. The van der Waals surface area contributed by atoms with Crippen molar-refractivity contribution in [2.45, 2.75) is 47.4 Å². The van der Waals surface area contributed by atoms with Gasteiger partial charge in [-0.2, -0.15) is 0 Å². The SMILES string of the molecule is O=C(NC1CCC(F)(F)CC1)c1ccc2c(c1)N=C(c1ccccn1)c1c#cccc1S2. The number of nitrogens with one attached hydrogen (secondary N) is 1. The van der Waals surface area contributed by atoms with Gasteiger partial charge in [0.1, 0.15) is 5.71 Å². The van der Waals surface area contributed by atoms with Crippen LogP contribution < -0.4 is 5.32 Å². The van der Waals surface area contributed by atoms with Crippen LogP contribution in [0.1, 0.15) is 47.3 Å². The highest BCUT2D eigenvalue weighted by Crippen LogP contribution is 2.41. The second kappa shape index (κ2) is 8.36. The zero-order valence-corrected chi connectivity index (χ0v) is 17.9. The topological polar surface area (TPSA) is 54.4 Å². The molecule has 2 heterocycles. The molecular formula is C25H19F2N3OS. The molecule has 0 bridgehead atoms. The quantitative estimate of drug-likeness (QED) is 0.443. The number of pyridine rings is 1. The van der Waals surface area contributed by atoms with Gasteiger partial charge < -0.3 is 5.32 Å². The van der Waals surface area contributed by atoms with Gasteiger partial charge in [-0.05, 0) is 55.3 Å². The number of benzene rings is 1. The molecule has 2 aliphatic rings. The van der Waals surface area contributed by atoms with Crippen LogP contribution in [-0.4, -0.2) is 28.6 Å². The molecule has 4 nitrogen and oxygen atoms in total. The summed E-state index contributed by atoms with van der Waals surface area (Å²) in [5.41, 5.74) is 3.28. The Bertz CT molecular complexity index is 1190. The Hall–Kier alpha value is -3.24. The maximum absolute atomic E-state index is 13.4. The standard InChI is InChI=1S/C25H19F2N3OS/c26-25(27)12-10-17(11-13-25)29-24(31)16-8-9-22-20(15-16)30-23(19-6-3-4-14-28-19)18-5-1-2-7-21(18)32-22/h2-4,6-9,14-15,17H,10-13H2,(H,29,31). The third-order valence-corrected chi connectivity index (χ3v) is 6.76. The fourth-order valence-corrected chi connectivity index (χ4v) is 4.87. The van der Waals surface area contributed by atoms with Gasteiger partial charge in [0.15, 0.2) is 0 Å². The summed E-state index contributed by atoms with van der Waals surface area (Å²) >= 11 is 1.55. The summed E-state index contributed by atoms with van der Waals surface area (Å²) in [6.07, 6.45) is 1.89. The molecule has 0 unspecified atom stereocenters. The highest BCUT2D eigenvalue weighted by Gasteiger charge is 2.35. The first kappa shape index (κ1) is 20.7. The molecule has 1 N–H and O–H groups in total. The van der Waals surface area contributed by atoms with Crippen molar-refractivity contribution < 1.29 is 13.6 Å². The maximum Gasteiger partial charge on any atom is 0.251 e. The Kier molecular flexibility index (Phi) is 5.40. The molecule has 0 atom stereocenters. The van der Waals surface area contributed by atoms with Gasteiger partial charge in [0, 0.05) is 40.4 Å². The van der Waals surface area contributed by atoms with Crippen LogP contribution in [0.5, 0.6) is 0 Å². The van der Waals surface area contributed by atoms with Crippen molar-refractivity contribution in [3.8, 4) is 0 Å². The van der Waals surface area contributed by atoms with Crippen molar-refractivity contribution in [3.05, 3.63) is 83.7 Å². The maximum atomic E-state index is 13.4. The lowest BCUT2D eigenvalue weighted by Crippen LogP contribution is -2.40. The van der Waals surface area contributed by atoms with Crippen LogP contribution in [0.3, 0.4) is 0 Å². The van der Waals surface area contributed by atoms with E-state index in [1.54, 1.807) is 30.1 Å². The number of nitrogens with zero attached hydrogens (tertiary/aromatic N) is 2. The molecule has 32 heavy (non-hydrogen) atoms. The smallest absolute Gasteiger partial charge is 0.251 e. The Morgan fingerprint density at radius 3 is 2.75 bits per heavy atom. The van der Waals surface area contributed by atoms with Crippen LogP contribution in [0.15, 0.2) is 69.5 Å². The number of carbonyl (C=O) groups excluding carboxylic acids is 1. The number of amides is 1. The molecule has 1 fully saturated rings. The number of fused-ring (bicyclic) bond motifs is 2. The van der Waals surface area contributed by atoms with Crippen molar-refractivity contribution in [1.82, 2.24) is 10.3 Å². The lowest BCUT2D eigenvalue weighted by atomic mass is 9.92. The Balaban J connectivity index is 1.47. The summed E-state index contributed by atoms with van der Waals surface area (Å²) in [7, 11) is 0. The minimum absolute atomic E-state index is 0.192. The van der Waals surface area contributed by atoms with Crippen LogP contribution in [0.25, 0.3) is 0 Å². The van der Waals surface area contributed by atoms with Gasteiger partial charge in [-0.3, -0.25) is 9.78 Å². The van der Waals surface area contributed by atoms with Crippen LogP contribution in [0, 0.1) is 12.1 Å². The van der Waals surface area contributed by atoms with E-state index in [9.17, 15) is 13.6 Å². The second-order valence-corrected chi connectivity index (χ2v) is 8.99. The summed E-state index contributed by atoms with van der Waals surface area (Å²) in [5, 5.41) is 2.90. The fraction of sp³-hybridized carbons (Fsp3) is 0.240. The third kappa shape index (κ3) is 4.23. The van der Waals surface area contributed by atoms with E-state index in [4.69, 9.17) is 4.99 Å². The monoisotopic (exact) mass is 447 g/mol. The van der Waals surface area contributed by atoms with E-state index in [2.05, 4.69) is 22.4 Å². The van der Waals surface area contributed by atoms with Crippen molar-refractivity contribution in [1.29, 1.82) is 0 Å². The summed E-state index contributed by atoms with van der Waals surface area (Å²) < 4.78 is 26.8. The first-order valence-corrected chi connectivity index (χ1v) is 11.2. The third-order valence-electron chi connectivity index (χ3n) is 5.63. The van der Waals surface area contributed by atoms with E-state index in [1.165, 1.54) is 0 Å². The minimum atomic E-state index is -2.62. The zero-order valence-electron chi connectivity index (χ0n) is 17.1. The average Bonchev–Trinajstić information content (AvgIpc) is 2.97. The lowest BCUT2D eigenvalue weighted by molar-refractivity contribution is -0.0399. The van der Waals surface area contributed by atoms with Crippen LogP contribution in [-0.2, 0) is 0 Å². The molecule has 2 aromatic carbocycles. The number of halogens is 2. The molecule has 1 aliphatic heterocycles. The van der Waals surface area contributed by atoms with Crippen molar-refractivity contribution in [2.75, 3.05) is 0 Å². The molecule has 0 saturated heterocycles. The number of rotatable bonds is 3. The molecule has 1 saturated carbocycles. The summed E-state index contributed by atoms with van der Waals surface area (Å²) in [6, 6.07) is 20.7. The Morgan fingerprint density at radius 2 is 1.97 bits per heavy atom.